The molecule has 2 N–H and O–H groups in total. The summed E-state index contributed by atoms with van der Waals surface area (Å²) in [5.41, 5.74) is 3.43. The van der Waals surface area contributed by atoms with Gasteiger partial charge in [-0.3, -0.25) is 19.3 Å². The summed E-state index contributed by atoms with van der Waals surface area (Å²) in [6, 6.07) is 48.1. The second-order valence-corrected chi connectivity index (χ2v) is 11.7. The van der Waals surface area contributed by atoms with E-state index in [9.17, 15) is 14.4 Å². The van der Waals surface area contributed by atoms with Gasteiger partial charge in [0.05, 0.1) is 5.75 Å². The van der Waals surface area contributed by atoms with Gasteiger partial charge in [0.1, 0.15) is 17.2 Å². The van der Waals surface area contributed by atoms with Crippen LogP contribution in [0, 0.1) is 0 Å². The predicted octanol–water partition coefficient (Wildman–Crippen LogP) is 8.81. The highest BCUT2D eigenvalue weighted by Crippen LogP contribution is 2.28. The number of benzene rings is 5. The number of furan rings is 1. The minimum Gasteiger partial charge on any atom is -0.457 e. The molecule has 3 amide bonds. The number of carbonyl (C=O) groups excluding carboxylic acids is 3. The number of para-hydroxylation sites is 2. The highest BCUT2D eigenvalue weighted by Gasteiger charge is 2.19. The first-order chi connectivity index (χ1) is 23.5. The molecule has 0 saturated carbocycles. The lowest BCUT2D eigenvalue weighted by Crippen LogP contribution is -2.30. The summed E-state index contributed by atoms with van der Waals surface area (Å²) in [5, 5.41) is 5.60. The Hall–Kier alpha value is -6.12. The number of hydrogen-bond donors (Lipinski definition) is 2. The third-order valence-corrected chi connectivity index (χ3v) is 8.25. The van der Waals surface area contributed by atoms with E-state index in [4.69, 9.17) is 4.42 Å². The Labute approximate surface area is 282 Å². The molecule has 0 radical (unpaired) electrons. The Balaban J connectivity index is 1.15. The van der Waals surface area contributed by atoms with E-state index in [1.165, 1.54) is 17.8 Å². The van der Waals surface area contributed by atoms with E-state index in [0.717, 1.165) is 21.8 Å². The molecule has 0 aliphatic rings. The van der Waals surface area contributed by atoms with Crippen molar-refractivity contribution >= 4 is 52.6 Å². The molecule has 1 heterocycles. The van der Waals surface area contributed by atoms with E-state index in [0.29, 0.717) is 22.8 Å². The molecule has 0 atom stereocenters. The van der Waals surface area contributed by atoms with Crippen LogP contribution in [0.3, 0.4) is 0 Å². The highest BCUT2D eigenvalue weighted by atomic mass is 32.2. The van der Waals surface area contributed by atoms with Crippen LogP contribution in [0.2, 0.25) is 0 Å². The number of rotatable bonds is 11. The fourth-order valence-electron chi connectivity index (χ4n) is 4.91. The van der Waals surface area contributed by atoms with E-state index in [-0.39, 0.29) is 17.4 Å². The minimum atomic E-state index is -0.520. The number of nitrogens with one attached hydrogen (secondary N) is 2. The van der Waals surface area contributed by atoms with Crippen LogP contribution >= 0.6 is 11.8 Å². The number of hydrogen-bond acceptors (Lipinski definition) is 5. The van der Waals surface area contributed by atoms with Gasteiger partial charge in [0.25, 0.3) is 11.8 Å². The Bertz CT molecular complexity index is 1970. The fourth-order valence-corrected chi connectivity index (χ4v) is 5.65. The molecule has 0 saturated heterocycles. The number of carbonyl (C=O) groups is 3. The van der Waals surface area contributed by atoms with Crippen LogP contribution in [0.4, 0.5) is 17.1 Å². The van der Waals surface area contributed by atoms with Crippen molar-refractivity contribution in [1.82, 2.24) is 5.32 Å². The minimum absolute atomic E-state index is 0.0174. The summed E-state index contributed by atoms with van der Waals surface area (Å²) in [5.74, 6) is 0.244. The largest absolute Gasteiger partial charge is 0.457 e. The SMILES string of the molecule is O=C(Nc1ccc(SCC(=O)N(c2ccccc2)c2ccccc2)cc1)C(=Cc1ccc(-c2ccccc2)o1)NC(=O)c1ccccc1. The molecule has 0 spiro atoms. The van der Waals surface area contributed by atoms with Gasteiger partial charge in [-0.05, 0) is 72.8 Å². The summed E-state index contributed by atoms with van der Waals surface area (Å²) in [4.78, 5) is 42.5. The summed E-state index contributed by atoms with van der Waals surface area (Å²) in [7, 11) is 0. The number of anilines is 3. The fraction of sp³-hybridized carbons (Fsp3) is 0.0250. The molecule has 1 aromatic heterocycles. The van der Waals surface area contributed by atoms with Gasteiger partial charge in [-0.25, -0.2) is 0 Å². The lowest BCUT2D eigenvalue weighted by molar-refractivity contribution is -0.115. The first kappa shape index (κ1) is 31.8. The van der Waals surface area contributed by atoms with Gasteiger partial charge in [0.2, 0.25) is 5.91 Å². The first-order valence-electron chi connectivity index (χ1n) is 15.2. The van der Waals surface area contributed by atoms with Gasteiger partial charge in [0.15, 0.2) is 0 Å². The highest BCUT2D eigenvalue weighted by molar-refractivity contribution is 8.00. The van der Waals surface area contributed by atoms with Crippen molar-refractivity contribution in [2.24, 2.45) is 0 Å². The third-order valence-electron chi connectivity index (χ3n) is 7.25. The zero-order valence-corrected chi connectivity index (χ0v) is 26.6. The van der Waals surface area contributed by atoms with Crippen LogP contribution in [-0.4, -0.2) is 23.5 Å². The average Bonchev–Trinajstić information content (AvgIpc) is 3.61. The summed E-state index contributed by atoms with van der Waals surface area (Å²) < 4.78 is 5.98. The molecule has 0 aliphatic carbocycles. The van der Waals surface area contributed by atoms with Crippen molar-refractivity contribution in [3.63, 3.8) is 0 Å². The van der Waals surface area contributed by atoms with Crippen molar-refractivity contribution in [2.75, 3.05) is 16.0 Å². The van der Waals surface area contributed by atoms with Crippen molar-refractivity contribution in [1.29, 1.82) is 0 Å². The molecule has 0 aliphatic heterocycles. The predicted molar refractivity (Wildman–Crippen MR) is 192 cm³/mol. The molecule has 5 aromatic carbocycles. The monoisotopic (exact) mass is 649 g/mol. The molecular formula is C40H31N3O4S. The van der Waals surface area contributed by atoms with Crippen LogP contribution < -0.4 is 15.5 Å². The lowest BCUT2D eigenvalue weighted by atomic mass is 10.2. The van der Waals surface area contributed by atoms with E-state index < -0.39 is 11.8 Å². The van der Waals surface area contributed by atoms with Crippen molar-refractivity contribution in [3.8, 4) is 11.3 Å². The standard InChI is InChI=1S/C40H31N3O4S/c44-38(43(32-17-9-3-10-18-32)33-19-11-4-12-20-33)28-48-35-24-21-31(22-25-35)41-40(46)36(42-39(45)30-15-7-2-8-16-30)27-34-23-26-37(47-34)29-13-5-1-6-14-29/h1-27H,28H2,(H,41,46)(H,42,45). The van der Waals surface area contributed by atoms with Gasteiger partial charge in [-0.1, -0.05) is 84.9 Å². The molecule has 48 heavy (non-hydrogen) atoms. The zero-order chi connectivity index (χ0) is 33.1. The quantitative estimate of drug-likeness (QED) is 0.108. The molecular weight excluding hydrogens is 619 g/mol. The molecule has 0 unspecified atom stereocenters. The average molecular weight is 650 g/mol. The van der Waals surface area contributed by atoms with E-state index in [1.807, 2.05) is 115 Å². The molecule has 0 fully saturated rings. The smallest absolute Gasteiger partial charge is 0.272 e. The Morgan fingerprint density at radius 2 is 1.21 bits per heavy atom. The lowest BCUT2D eigenvalue weighted by Gasteiger charge is -2.23. The van der Waals surface area contributed by atoms with Gasteiger partial charge < -0.3 is 15.1 Å². The molecule has 8 heteroatoms. The third kappa shape index (κ3) is 8.17. The molecule has 236 valence electrons. The summed E-state index contributed by atoms with van der Waals surface area (Å²) in [6.07, 6.45) is 1.50. The Morgan fingerprint density at radius 1 is 0.646 bits per heavy atom. The van der Waals surface area contributed by atoms with Crippen LogP contribution in [0.15, 0.2) is 173 Å². The van der Waals surface area contributed by atoms with Crippen LogP contribution in [-0.2, 0) is 9.59 Å². The second-order valence-electron chi connectivity index (χ2n) is 10.6. The van der Waals surface area contributed by atoms with Gasteiger partial charge >= 0.3 is 0 Å². The topological polar surface area (TPSA) is 91.7 Å². The Kier molecular flexibility index (Phi) is 10.2. The molecule has 0 bridgehead atoms. The molecule has 7 nitrogen and oxygen atoms in total. The second kappa shape index (κ2) is 15.4. The molecule has 6 rings (SSSR count). The van der Waals surface area contributed by atoms with E-state index in [1.54, 1.807) is 47.4 Å². The first-order valence-corrected chi connectivity index (χ1v) is 16.2. The maximum atomic E-state index is 13.5. The van der Waals surface area contributed by atoms with Crippen LogP contribution in [0.25, 0.3) is 17.4 Å². The summed E-state index contributed by atoms with van der Waals surface area (Å²) >= 11 is 1.40. The van der Waals surface area contributed by atoms with Gasteiger partial charge in [-0.2, -0.15) is 0 Å². The summed E-state index contributed by atoms with van der Waals surface area (Å²) in [6.45, 7) is 0. The number of amides is 3. The van der Waals surface area contributed by atoms with Crippen molar-refractivity contribution in [3.05, 3.63) is 175 Å². The maximum absolute atomic E-state index is 13.5. The van der Waals surface area contributed by atoms with Crippen molar-refractivity contribution in [2.45, 2.75) is 4.90 Å². The van der Waals surface area contributed by atoms with Crippen LogP contribution in [0.5, 0.6) is 0 Å². The van der Waals surface area contributed by atoms with Gasteiger partial charge in [-0.15, -0.1) is 11.8 Å². The van der Waals surface area contributed by atoms with E-state index in [2.05, 4.69) is 10.6 Å². The van der Waals surface area contributed by atoms with Gasteiger partial charge in [0, 0.05) is 39.2 Å². The zero-order valence-electron chi connectivity index (χ0n) is 25.8. The van der Waals surface area contributed by atoms with Crippen LogP contribution in [0.1, 0.15) is 16.1 Å². The van der Waals surface area contributed by atoms with Crippen molar-refractivity contribution < 1.29 is 18.8 Å². The maximum Gasteiger partial charge on any atom is 0.272 e. The number of nitrogens with zero attached hydrogens (tertiary/aromatic N) is 1. The normalized spacial score (nSPS) is 11.0. The Morgan fingerprint density at radius 3 is 1.81 bits per heavy atom. The molecule has 6 aromatic rings. The van der Waals surface area contributed by atoms with E-state index >= 15 is 0 Å². The number of thioether (sulfide) groups is 1.